The van der Waals surface area contributed by atoms with Crippen molar-refractivity contribution in [3.8, 4) is 0 Å². The van der Waals surface area contributed by atoms with Crippen LogP contribution < -0.4 is 5.73 Å². The molecule has 0 aliphatic heterocycles. The molecule has 0 spiro atoms. The van der Waals surface area contributed by atoms with Gasteiger partial charge in [0.05, 0.1) is 17.1 Å². The van der Waals surface area contributed by atoms with Crippen LogP contribution in [-0.4, -0.2) is 53.8 Å². The SMILES string of the molecule is CCc1cccc(CN(C[C@@H](O)[C@@H](N)Cc2cc(F)cc(F)c2)C(=O)Cn2c3ccccc3n3nc(CC)nc23)c1. The smallest absolute Gasteiger partial charge is 0.243 e. The maximum Gasteiger partial charge on any atom is 0.243 e. The first-order valence-corrected chi connectivity index (χ1v) is 13.8. The predicted molar refractivity (Wildman–Crippen MR) is 153 cm³/mol. The van der Waals surface area contributed by atoms with Crippen molar-refractivity contribution in [2.45, 2.75) is 58.3 Å². The topological polar surface area (TPSA) is 102 Å². The maximum absolute atomic E-state index is 13.9. The molecule has 41 heavy (non-hydrogen) atoms. The van der Waals surface area contributed by atoms with E-state index < -0.39 is 23.8 Å². The number of nitrogens with zero attached hydrogens (tertiary/aromatic N) is 5. The number of aliphatic hydroxyl groups is 1. The first-order valence-electron chi connectivity index (χ1n) is 13.8. The molecule has 0 saturated heterocycles. The highest BCUT2D eigenvalue weighted by Gasteiger charge is 2.25. The van der Waals surface area contributed by atoms with Crippen LogP contribution in [0.25, 0.3) is 16.8 Å². The molecule has 0 bridgehead atoms. The molecule has 0 unspecified atom stereocenters. The third kappa shape index (κ3) is 6.28. The van der Waals surface area contributed by atoms with Gasteiger partial charge in [-0.25, -0.2) is 8.78 Å². The van der Waals surface area contributed by atoms with Crippen LogP contribution in [0.4, 0.5) is 8.78 Å². The number of carbonyl (C=O) groups excluding carboxylic acids is 1. The second-order valence-electron chi connectivity index (χ2n) is 10.3. The number of aryl methyl sites for hydroxylation is 2. The van der Waals surface area contributed by atoms with E-state index in [1.54, 1.807) is 9.42 Å². The Morgan fingerprint density at radius 2 is 1.66 bits per heavy atom. The van der Waals surface area contributed by atoms with Crippen LogP contribution in [0.5, 0.6) is 0 Å². The lowest BCUT2D eigenvalue weighted by Crippen LogP contribution is -2.47. The van der Waals surface area contributed by atoms with Crippen molar-refractivity contribution in [3.05, 3.63) is 101 Å². The zero-order chi connectivity index (χ0) is 29.1. The number of fused-ring (bicyclic) bond motifs is 3. The van der Waals surface area contributed by atoms with Crippen molar-refractivity contribution in [2.75, 3.05) is 6.54 Å². The summed E-state index contributed by atoms with van der Waals surface area (Å²) in [6.45, 7) is 4.21. The Kier molecular flexibility index (Phi) is 8.41. The van der Waals surface area contributed by atoms with E-state index in [-0.39, 0.29) is 32.0 Å². The molecular formula is C31H34F2N6O2. The molecule has 5 aromatic rings. The minimum atomic E-state index is -1.14. The van der Waals surface area contributed by atoms with Crippen LogP contribution in [0.1, 0.15) is 36.4 Å². The number of imidazole rings is 1. The Hall–Kier alpha value is -4.15. The summed E-state index contributed by atoms with van der Waals surface area (Å²) in [5.74, 6) is -0.414. The van der Waals surface area contributed by atoms with Crippen LogP contribution in [0.15, 0.2) is 66.7 Å². The van der Waals surface area contributed by atoms with Crippen molar-refractivity contribution in [3.63, 3.8) is 0 Å². The van der Waals surface area contributed by atoms with Gasteiger partial charge in [0.1, 0.15) is 18.2 Å². The minimum absolute atomic E-state index is 0.0244. The molecule has 0 aliphatic rings. The standard InChI is InChI=1S/C31H34F2N6O2/c1-3-20-8-7-9-21(12-20)17-37(18-28(40)25(34)15-22-13-23(32)16-24(33)14-22)30(41)19-38-26-10-5-6-11-27(26)39-31(38)35-29(4-2)36-39/h5-14,16,25,28,40H,3-4,15,17-19,34H2,1-2H3/t25-,28+/m0/s1. The number of aliphatic hydroxyl groups excluding tert-OH is 1. The lowest BCUT2D eigenvalue weighted by Gasteiger charge is -2.29. The molecule has 8 nitrogen and oxygen atoms in total. The van der Waals surface area contributed by atoms with E-state index in [1.165, 1.54) is 12.1 Å². The summed E-state index contributed by atoms with van der Waals surface area (Å²) in [5, 5.41) is 15.7. The van der Waals surface area contributed by atoms with Gasteiger partial charge in [-0.3, -0.25) is 9.36 Å². The molecule has 1 amide bonds. The number of hydrogen-bond acceptors (Lipinski definition) is 5. The molecule has 10 heteroatoms. The van der Waals surface area contributed by atoms with Gasteiger partial charge in [-0.05, 0) is 53.8 Å². The summed E-state index contributed by atoms with van der Waals surface area (Å²) in [4.78, 5) is 20.2. The van der Waals surface area contributed by atoms with Crippen molar-refractivity contribution >= 4 is 22.7 Å². The normalized spacial score (nSPS) is 13.1. The van der Waals surface area contributed by atoms with Crippen LogP contribution in [0.3, 0.4) is 0 Å². The van der Waals surface area contributed by atoms with Crippen molar-refractivity contribution < 1.29 is 18.7 Å². The third-order valence-corrected chi connectivity index (χ3v) is 7.31. The summed E-state index contributed by atoms with van der Waals surface area (Å²) in [5.41, 5.74) is 10.3. The van der Waals surface area contributed by atoms with Gasteiger partial charge in [0.15, 0.2) is 5.82 Å². The number of hydrogen-bond donors (Lipinski definition) is 2. The number of amides is 1. The predicted octanol–water partition coefficient (Wildman–Crippen LogP) is 4.05. The Bertz CT molecular complexity index is 1660. The van der Waals surface area contributed by atoms with Crippen LogP contribution in [0, 0.1) is 11.6 Å². The van der Waals surface area contributed by atoms with E-state index in [1.807, 2.05) is 60.0 Å². The van der Waals surface area contributed by atoms with E-state index in [9.17, 15) is 18.7 Å². The largest absolute Gasteiger partial charge is 0.390 e. The Morgan fingerprint density at radius 3 is 2.37 bits per heavy atom. The van der Waals surface area contributed by atoms with Gasteiger partial charge >= 0.3 is 0 Å². The average Bonchev–Trinajstić information content (AvgIpc) is 3.50. The molecule has 0 radical (unpaired) electrons. The molecule has 3 N–H and O–H groups in total. The molecule has 0 aliphatic carbocycles. The van der Waals surface area contributed by atoms with Gasteiger partial charge in [-0.1, -0.05) is 50.2 Å². The first-order chi connectivity index (χ1) is 19.7. The van der Waals surface area contributed by atoms with Gasteiger partial charge in [0.25, 0.3) is 0 Å². The van der Waals surface area contributed by atoms with Crippen molar-refractivity contribution in [1.29, 1.82) is 0 Å². The van der Waals surface area contributed by atoms with E-state index in [4.69, 9.17) is 5.73 Å². The minimum Gasteiger partial charge on any atom is -0.390 e. The second-order valence-corrected chi connectivity index (χ2v) is 10.3. The molecule has 2 aromatic heterocycles. The Labute approximate surface area is 237 Å². The van der Waals surface area contributed by atoms with Gasteiger partial charge < -0.3 is 15.7 Å². The van der Waals surface area contributed by atoms with Crippen LogP contribution in [-0.2, 0) is 37.1 Å². The zero-order valence-corrected chi connectivity index (χ0v) is 23.2. The highest BCUT2D eigenvalue weighted by molar-refractivity contribution is 5.84. The zero-order valence-electron chi connectivity index (χ0n) is 23.2. The van der Waals surface area contributed by atoms with Crippen molar-refractivity contribution in [2.24, 2.45) is 5.73 Å². The molecular weight excluding hydrogens is 526 g/mol. The summed E-state index contributed by atoms with van der Waals surface area (Å²) in [6, 6.07) is 17.9. The third-order valence-electron chi connectivity index (χ3n) is 7.31. The average molecular weight is 561 g/mol. The van der Waals surface area contributed by atoms with Gasteiger partial charge in [0.2, 0.25) is 11.7 Å². The fourth-order valence-electron chi connectivity index (χ4n) is 5.12. The number of carbonyl (C=O) groups is 1. The fraction of sp³-hybridized carbons (Fsp3) is 0.323. The summed E-state index contributed by atoms with van der Waals surface area (Å²) in [7, 11) is 0. The Balaban J connectivity index is 1.43. The molecule has 0 fully saturated rings. The lowest BCUT2D eigenvalue weighted by atomic mass is 10.0. The van der Waals surface area contributed by atoms with Crippen LogP contribution >= 0.6 is 0 Å². The van der Waals surface area contributed by atoms with E-state index in [2.05, 4.69) is 17.0 Å². The molecule has 2 heterocycles. The molecule has 2 atom stereocenters. The fourth-order valence-corrected chi connectivity index (χ4v) is 5.12. The molecule has 5 rings (SSSR count). The quantitative estimate of drug-likeness (QED) is 0.254. The lowest BCUT2D eigenvalue weighted by molar-refractivity contribution is -0.134. The highest BCUT2D eigenvalue weighted by Crippen LogP contribution is 2.21. The highest BCUT2D eigenvalue weighted by atomic mass is 19.1. The number of aromatic nitrogens is 4. The monoisotopic (exact) mass is 560 g/mol. The summed E-state index contributed by atoms with van der Waals surface area (Å²) >= 11 is 0. The number of benzene rings is 3. The molecule has 0 saturated carbocycles. The van der Waals surface area contributed by atoms with Gasteiger partial charge in [-0.2, -0.15) is 9.50 Å². The number of para-hydroxylation sites is 2. The molecule has 214 valence electrons. The number of halogens is 2. The van der Waals surface area contributed by atoms with Crippen molar-refractivity contribution in [1.82, 2.24) is 24.1 Å². The Morgan fingerprint density at radius 1 is 0.951 bits per heavy atom. The number of rotatable bonds is 11. The van der Waals surface area contributed by atoms with E-state index >= 15 is 0 Å². The van der Waals surface area contributed by atoms with E-state index in [0.717, 1.165) is 34.6 Å². The summed E-state index contributed by atoms with van der Waals surface area (Å²) < 4.78 is 31.0. The maximum atomic E-state index is 13.9. The number of nitrogens with two attached hydrogens (primary N) is 1. The van der Waals surface area contributed by atoms with E-state index in [0.29, 0.717) is 23.6 Å². The molecule has 3 aromatic carbocycles. The van der Waals surface area contributed by atoms with Gasteiger partial charge in [-0.15, -0.1) is 5.10 Å². The van der Waals surface area contributed by atoms with Gasteiger partial charge in [0, 0.05) is 31.6 Å². The van der Waals surface area contributed by atoms with Crippen LogP contribution in [0.2, 0.25) is 0 Å². The second kappa shape index (κ2) is 12.2. The first kappa shape index (κ1) is 28.4. The summed E-state index contributed by atoms with van der Waals surface area (Å²) in [6.07, 6.45) is 0.412.